The van der Waals surface area contributed by atoms with Gasteiger partial charge in [-0.2, -0.15) is 0 Å². The first-order chi connectivity index (χ1) is 12.1. The van der Waals surface area contributed by atoms with Gasteiger partial charge in [0.25, 0.3) is 0 Å². The molecule has 7 heteroatoms. The molecule has 1 aliphatic rings. The lowest BCUT2D eigenvalue weighted by Gasteiger charge is -2.32. The molecule has 0 bridgehead atoms. The minimum absolute atomic E-state index is 0.0357. The van der Waals surface area contributed by atoms with Crippen molar-refractivity contribution in [1.29, 1.82) is 0 Å². The number of hydrogen-bond donors (Lipinski definition) is 2. The monoisotopic (exact) mass is 346 g/mol. The highest BCUT2D eigenvalue weighted by Gasteiger charge is 2.26. The largest absolute Gasteiger partial charge is 0.345 e. The standard InChI is InChI=1S/C18H26N4O3/c19-9-4-10-22(14-23)18(25)17(24)20-16-7-11-21(12-8-16)13-15-5-2-1-3-6-15/h1-3,5-6,14,16H,4,7-13,19H2,(H,20,24). The van der Waals surface area contributed by atoms with Gasteiger partial charge in [0.2, 0.25) is 6.41 Å². The number of piperidine rings is 1. The summed E-state index contributed by atoms with van der Waals surface area (Å²) in [6, 6.07) is 10.2. The molecule has 0 aliphatic carbocycles. The number of rotatable bonds is 7. The van der Waals surface area contributed by atoms with Crippen LogP contribution in [0.15, 0.2) is 30.3 Å². The molecule has 2 rings (SSSR count). The van der Waals surface area contributed by atoms with Gasteiger partial charge in [0.05, 0.1) is 0 Å². The average molecular weight is 346 g/mol. The molecule has 1 saturated heterocycles. The van der Waals surface area contributed by atoms with E-state index in [-0.39, 0.29) is 12.6 Å². The third-order valence-electron chi connectivity index (χ3n) is 4.36. The molecule has 3 N–H and O–H groups in total. The van der Waals surface area contributed by atoms with Crippen LogP contribution in [0.25, 0.3) is 0 Å². The first-order valence-electron chi connectivity index (χ1n) is 8.67. The van der Waals surface area contributed by atoms with E-state index in [0.717, 1.165) is 37.4 Å². The summed E-state index contributed by atoms with van der Waals surface area (Å²) >= 11 is 0. The smallest absolute Gasteiger partial charge is 0.318 e. The van der Waals surface area contributed by atoms with Crippen LogP contribution in [-0.4, -0.2) is 60.2 Å². The van der Waals surface area contributed by atoms with E-state index in [0.29, 0.717) is 19.4 Å². The van der Waals surface area contributed by atoms with Gasteiger partial charge >= 0.3 is 11.8 Å². The van der Waals surface area contributed by atoms with Crippen molar-refractivity contribution in [3.8, 4) is 0 Å². The fraction of sp³-hybridized carbons (Fsp3) is 0.500. The molecule has 136 valence electrons. The van der Waals surface area contributed by atoms with Gasteiger partial charge in [0.1, 0.15) is 0 Å². The molecule has 0 saturated carbocycles. The Bertz CT molecular complexity index is 571. The van der Waals surface area contributed by atoms with Gasteiger partial charge in [-0.05, 0) is 31.4 Å². The minimum atomic E-state index is -0.810. The van der Waals surface area contributed by atoms with Gasteiger partial charge in [-0.1, -0.05) is 30.3 Å². The van der Waals surface area contributed by atoms with Gasteiger partial charge < -0.3 is 11.1 Å². The van der Waals surface area contributed by atoms with Crippen LogP contribution in [0.5, 0.6) is 0 Å². The number of nitrogens with zero attached hydrogens (tertiary/aromatic N) is 2. The van der Waals surface area contributed by atoms with Crippen LogP contribution in [0.3, 0.4) is 0 Å². The fourth-order valence-corrected chi connectivity index (χ4v) is 2.92. The van der Waals surface area contributed by atoms with Gasteiger partial charge in [-0.25, -0.2) is 0 Å². The molecule has 7 nitrogen and oxygen atoms in total. The van der Waals surface area contributed by atoms with Gasteiger partial charge in [-0.15, -0.1) is 0 Å². The topological polar surface area (TPSA) is 95.7 Å². The Kier molecular flexibility index (Phi) is 7.56. The molecule has 1 aromatic carbocycles. The van der Waals surface area contributed by atoms with Crippen molar-refractivity contribution in [3.05, 3.63) is 35.9 Å². The summed E-state index contributed by atoms with van der Waals surface area (Å²) in [5, 5.41) is 2.75. The molecular weight excluding hydrogens is 320 g/mol. The van der Waals surface area contributed by atoms with Crippen LogP contribution in [0.1, 0.15) is 24.8 Å². The van der Waals surface area contributed by atoms with Crippen molar-refractivity contribution in [3.63, 3.8) is 0 Å². The predicted octanol–water partition coefficient (Wildman–Crippen LogP) is 0.101. The van der Waals surface area contributed by atoms with Crippen LogP contribution in [0.4, 0.5) is 0 Å². The summed E-state index contributed by atoms with van der Waals surface area (Å²) in [7, 11) is 0. The van der Waals surface area contributed by atoms with Gasteiger partial charge in [-0.3, -0.25) is 24.2 Å². The Morgan fingerprint density at radius 1 is 1.24 bits per heavy atom. The second-order valence-corrected chi connectivity index (χ2v) is 6.26. The molecule has 0 spiro atoms. The molecule has 1 aromatic rings. The van der Waals surface area contributed by atoms with Crippen molar-refractivity contribution >= 4 is 18.2 Å². The molecule has 0 radical (unpaired) electrons. The zero-order chi connectivity index (χ0) is 18.1. The fourth-order valence-electron chi connectivity index (χ4n) is 2.92. The van der Waals surface area contributed by atoms with Crippen molar-refractivity contribution in [2.24, 2.45) is 5.73 Å². The molecule has 0 atom stereocenters. The zero-order valence-corrected chi connectivity index (χ0v) is 14.4. The number of amides is 3. The predicted molar refractivity (Wildman–Crippen MR) is 94.3 cm³/mol. The zero-order valence-electron chi connectivity index (χ0n) is 14.4. The number of benzene rings is 1. The summed E-state index contributed by atoms with van der Waals surface area (Å²) in [6.07, 6.45) is 2.45. The van der Waals surface area contributed by atoms with E-state index in [1.165, 1.54) is 5.56 Å². The summed E-state index contributed by atoms with van der Waals surface area (Å²) < 4.78 is 0. The van der Waals surface area contributed by atoms with E-state index >= 15 is 0 Å². The lowest BCUT2D eigenvalue weighted by molar-refractivity contribution is -0.149. The van der Waals surface area contributed by atoms with Crippen LogP contribution in [-0.2, 0) is 20.9 Å². The van der Waals surface area contributed by atoms with Crippen molar-refractivity contribution < 1.29 is 14.4 Å². The number of nitrogens with two attached hydrogens (primary N) is 1. The molecule has 1 fully saturated rings. The number of nitrogens with one attached hydrogen (secondary N) is 1. The van der Waals surface area contributed by atoms with Crippen LogP contribution >= 0.6 is 0 Å². The molecule has 1 aliphatic heterocycles. The molecule has 0 unspecified atom stereocenters. The number of carbonyl (C=O) groups is 3. The highest BCUT2D eigenvalue weighted by atomic mass is 16.2. The maximum atomic E-state index is 12.0. The minimum Gasteiger partial charge on any atom is -0.345 e. The molecule has 0 aromatic heterocycles. The second-order valence-electron chi connectivity index (χ2n) is 6.26. The van der Waals surface area contributed by atoms with E-state index in [1.54, 1.807) is 0 Å². The van der Waals surface area contributed by atoms with Crippen LogP contribution < -0.4 is 11.1 Å². The number of imide groups is 1. The molecule has 25 heavy (non-hydrogen) atoms. The van der Waals surface area contributed by atoms with E-state index in [9.17, 15) is 14.4 Å². The quantitative estimate of drug-likeness (QED) is 0.539. The molecule has 1 heterocycles. The highest BCUT2D eigenvalue weighted by Crippen LogP contribution is 2.13. The molecule has 3 amide bonds. The van der Waals surface area contributed by atoms with Crippen LogP contribution in [0, 0.1) is 0 Å². The van der Waals surface area contributed by atoms with Crippen molar-refractivity contribution in [2.45, 2.75) is 31.8 Å². The second kappa shape index (κ2) is 9.90. The third kappa shape index (κ3) is 5.95. The summed E-state index contributed by atoms with van der Waals surface area (Å²) in [6.45, 7) is 3.14. The van der Waals surface area contributed by atoms with Gasteiger partial charge in [0, 0.05) is 32.2 Å². The summed E-state index contributed by atoms with van der Waals surface area (Å²) in [4.78, 5) is 38.2. The lowest BCUT2D eigenvalue weighted by atomic mass is 10.0. The summed E-state index contributed by atoms with van der Waals surface area (Å²) in [5.41, 5.74) is 6.63. The Hall–Kier alpha value is -2.25. The number of hydrogen-bond acceptors (Lipinski definition) is 5. The lowest BCUT2D eigenvalue weighted by Crippen LogP contribution is -2.50. The average Bonchev–Trinajstić information content (AvgIpc) is 2.64. The first-order valence-corrected chi connectivity index (χ1v) is 8.67. The normalized spacial score (nSPS) is 15.6. The Labute approximate surface area is 148 Å². The van der Waals surface area contributed by atoms with E-state index in [1.807, 2.05) is 18.2 Å². The highest BCUT2D eigenvalue weighted by molar-refractivity contribution is 6.36. The Morgan fingerprint density at radius 3 is 2.52 bits per heavy atom. The van der Waals surface area contributed by atoms with Crippen molar-refractivity contribution in [2.75, 3.05) is 26.2 Å². The number of likely N-dealkylation sites (tertiary alicyclic amines) is 1. The summed E-state index contributed by atoms with van der Waals surface area (Å²) in [5.74, 6) is -1.53. The van der Waals surface area contributed by atoms with E-state index in [2.05, 4.69) is 22.3 Å². The molecular formula is C18H26N4O3. The van der Waals surface area contributed by atoms with E-state index in [4.69, 9.17) is 5.73 Å². The maximum Gasteiger partial charge on any atom is 0.318 e. The Morgan fingerprint density at radius 2 is 1.92 bits per heavy atom. The van der Waals surface area contributed by atoms with Gasteiger partial charge in [0.15, 0.2) is 0 Å². The van der Waals surface area contributed by atoms with Crippen molar-refractivity contribution in [1.82, 2.24) is 15.1 Å². The first kappa shape index (κ1) is 19.1. The Balaban J connectivity index is 1.76. The number of carbonyl (C=O) groups excluding carboxylic acids is 3. The van der Waals surface area contributed by atoms with Crippen LogP contribution in [0.2, 0.25) is 0 Å². The third-order valence-corrected chi connectivity index (χ3v) is 4.36. The van der Waals surface area contributed by atoms with E-state index < -0.39 is 11.8 Å². The SMILES string of the molecule is NCCCN(C=O)C(=O)C(=O)NC1CCN(Cc2ccccc2)CC1. The maximum absolute atomic E-state index is 12.0.